The number of fused-ring (bicyclic) bond motifs is 1. The molecule has 2 aromatic rings. The molecule has 2 nitrogen and oxygen atoms in total. The number of hydrogen-bond donors (Lipinski definition) is 1. The van der Waals surface area contributed by atoms with Crippen molar-refractivity contribution in [3.05, 3.63) is 42.0 Å². The zero-order chi connectivity index (χ0) is 11.3. The molecule has 0 bridgehead atoms. The average Bonchev–Trinajstić information content (AvgIpc) is 2.32. The first-order valence-corrected chi connectivity index (χ1v) is 4.95. The number of aliphatic hydroxyl groups is 1. The molecule has 0 spiro atoms. The number of nitrogens with zero attached hydrogens (tertiary/aromatic N) is 1. The Morgan fingerprint density at radius 1 is 1.20 bits per heavy atom. The normalized spacial score (nSPS) is 9.60. The van der Waals surface area contributed by atoms with Gasteiger partial charge in [0.05, 0.1) is 12.8 Å². The van der Waals surface area contributed by atoms with Crippen molar-refractivity contribution in [2.24, 2.45) is 0 Å². The maximum absolute atomic E-state index is 13.2. The lowest BCUT2D eigenvalue weighted by Gasteiger charge is -2.02. The Morgan fingerprint density at radius 2 is 1.93 bits per heavy atom. The zero-order valence-corrected chi connectivity index (χ0v) is 8.87. The van der Waals surface area contributed by atoms with E-state index in [4.69, 9.17) is 5.11 Å². The van der Waals surface area contributed by atoms with Gasteiger partial charge >= 0.3 is 0 Å². The lowest BCUT2D eigenvalue weighted by atomic mass is 10.1. The van der Waals surface area contributed by atoms with Crippen molar-refractivity contribution in [2.45, 2.75) is 20.5 Å². The van der Waals surface area contributed by atoms with E-state index in [2.05, 4.69) is 4.98 Å². The van der Waals surface area contributed by atoms with Crippen molar-refractivity contribution in [1.82, 2.24) is 4.98 Å². The second-order valence-corrected chi connectivity index (χ2v) is 2.79. The van der Waals surface area contributed by atoms with Crippen molar-refractivity contribution in [2.75, 3.05) is 0 Å². The van der Waals surface area contributed by atoms with Gasteiger partial charge in [0.2, 0.25) is 0 Å². The highest BCUT2D eigenvalue weighted by molar-refractivity contribution is 5.85. The second kappa shape index (κ2) is 5.41. The number of benzene rings is 1. The molecule has 0 fully saturated rings. The van der Waals surface area contributed by atoms with E-state index in [1.807, 2.05) is 13.8 Å². The summed E-state index contributed by atoms with van der Waals surface area (Å²) in [4.78, 5) is 3.73. The first-order valence-electron chi connectivity index (χ1n) is 4.95. The van der Waals surface area contributed by atoms with Crippen LogP contribution in [0.25, 0.3) is 10.8 Å². The Morgan fingerprint density at radius 3 is 2.60 bits per heavy atom. The third-order valence-corrected chi connectivity index (χ3v) is 2.02. The molecule has 0 atom stereocenters. The molecular weight excluding hydrogens is 193 g/mol. The SMILES string of the molecule is CC.OCc1cccc2c(F)cncc12. The van der Waals surface area contributed by atoms with Gasteiger partial charge in [0.25, 0.3) is 0 Å². The molecule has 0 radical (unpaired) electrons. The van der Waals surface area contributed by atoms with Crippen LogP contribution < -0.4 is 0 Å². The van der Waals surface area contributed by atoms with Crippen LogP contribution >= 0.6 is 0 Å². The minimum absolute atomic E-state index is 0.0948. The summed E-state index contributed by atoms with van der Waals surface area (Å²) in [5, 5.41) is 10.1. The fourth-order valence-corrected chi connectivity index (χ4v) is 1.36. The quantitative estimate of drug-likeness (QED) is 0.780. The molecule has 0 aliphatic heterocycles. The summed E-state index contributed by atoms with van der Waals surface area (Å²) in [6, 6.07) is 5.14. The summed E-state index contributed by atoms with van der Waals surface area (Å²) in [6.45, 7) is 3.91. The third-order valence-electron chi connectivity index (χ3n) is 2.02. The van der Waals surface area contributed by atoms with E-state index in [1.54, 1.807) is 24.4 Å². The van der Waals surface area contributed by atoms with E-state index in [1.165, 1.54) is 6.20 Å². The summed E-state index contributed by atoms with van der Waals surface area (Å²) in [7, 11) is 0. The van der Waals surface area contributed by atoms with Crippen LogP contribution in [-0.4, -0.2) is 10.1 Å². The molecule has 2 rings (SSSR count). The molecule has 0 aliphatic carbocycles. The van der Waals surface area contributed by atoms with E-state index in [0.717, 1.165) is 0 Å². The maximum atomic E-state index is 13.2. The van der Waals surface area contributed by atoms with Crippen LogP contribution in [0.15, 0.2) is 30.6 Å². The smallest absolute Gasteiger partial charge is 0.149 e. The van der Waals surface area contributed by atoms with E-state index in [-0.39, 0.29) is 12.4 Å². The predicted molar refractivity (Wildman–Crippen MR) is 59.0 cm³/mol. The van der Waals surface area contributed by atoms with Crippen molar-refractivity contribution in [3.8, 4) is 0 Å². The molecule has 1 aromatic heterocycles. The number of halogens is 1. The van der Waals surface area contributed by atoms with Crippen LogP contribution in [0.3, 0.4) is 0 Å². The Hall–Kier alpha value is -1.48. The molecule has 3 heteroatoms. The van der Waals surface area contributed by atoms with E-state index < -0.39 is 0 Å². The largest absolute Gasteiger partial charge is 0.392 e. The highest BCUT2D eigenvalue weighted by Gasteiger charge is 2.03. The van der Waals surface area contributed by atoms with Gasteiger partial charge in [-0.3, -0.25) is 4.98 Å². The Balaban J connectivity index is 0.000000531. The highest BCUT2D eigenvalue weighted by Crippen LogP contribution is 2.19. The monoisotopic (exact) mass is 207 g/mol. The van der Waals surface area contributed by atoms with Gasteiger partial charge in [-0.2, -0.15) is 0 Å². The van der Waals surface area contributed by atoms with Crippen LogP contribution in [0.2, 0.25) is 0 Å². The number of aromatic nitrogens is 1. The summed E-state index contributed by atoms with van der Waals surface area (Å²) in [5.41, 5.74) is 0.699. The highest BCUT2D eigenvalue weighted by atomic mass is 19.1. The van der Waals surface area contributed by atoms with Crippen LogP contribution in [0, 0.1) is 5.82 Å². The fourth-order valence-electron chi connectivity index (χ4n) is 1.36. The maximum Gasteiger partial charge on any atom is 0.149 e. The van der Waals surface area contributed by atoms with Gasteiger partial charge in [-0.25, -0.2) is 4.39 Å². The Kier molecular flexibility index (Phi) is 4.18. The average molecular weight is 207 g/mol. The van der Waals surface area contributed by atoms with Crippen LogP contribution in [0.4, 0.5) is 4.39 Å². The zero-order valence-electron chi connectivity index (χ0n) is 8.87. The van der Waals surface area contributed by atoms with Gasteiger partial charge in [-0.1, -0.05) is 32.0 Å². The Bertz CT molecular complexity index is 443. The van der Waals surface area contributed by atoms with E-state index in [0.29, 0.717) is 16.3 Å². The predicted octanol–water partition coefficient (Wildman–Crippen LogP) is 2.89. The lowest BCUT2D eigenvalue weighted by molar-refractivity contribution is 0.283. The van der Waals surface area contributed by atoms with Gasteiger partial charge in [-0.15, -0.1) is 0 Å². The molecule has 80 valence electrons. The van der Waals surface area contributed by atoms with Gasteiger partial charge < -0.3 is 5.11 Å². The van der Waals surface area contributed by atoms with Crippen LogP contribution in [0.1, 0.15) is 19.4 Å². The number of hydrogen-bond acceptors (Lipinski definition) is 2. The Labute approximate surface area is 88.4 Å². The molecule has 1 aromatic carbocycles. The van der Waals surface area contributed by atoms with Crippen molar-refractivity contribution in [1.29, 1.82) is 0 Å². The number of rotatable bonds is 1. The van der Waals surface area contributed by atoms with Crippen LogP contribution in [-0.2, 0) is 6.61 Å². The summed E-state index contributed by atoms with van der Waals surface area (Å²) < 4.78 is 13.2. The molecule has 0 aliphatic rings. The molecule has 0 saturated carbocycles. The number of pyridine rings is 1. The molecular formula is C12H14FNO. The number of aliphatic hydroxyl groups excluding tert-OH is 1. The summed E-state index contributed by atoms with van der Waals surface area (Å²) >= 11 is 0. The first kappa shape index (κ1) is 11.6. The molecule has 1 heterocycles. The minimum Gasteiger partial charge on any atom is -0.392 e. The van der Waals surface area contributed by atoms with E-state index in [9.17, 15) is 4.39 Å². The van der Waals surface area contributed by atoms with Crippen molar-refractivity contribution >= 4 is 10.8 Å². The lowest BCUT2D eigenvalue weighted by Crippen LogP contribution is -1.88. The summed E-state index contributed by atoms with van der Waals surface area (Å²) in [5.74, 6) is -0.354. The molecule has 15 heavy (non-hydrogen) atoms. The van der Waals surface area contributed by atoms with E-state index >= 15 is 0 Å². The van der Waals surface area contributed by atoms with Gasteiger partial charge in [0, 0.05) is 17.0 Å². The molecule has 0 unspecified atom stereocenters. The van der Waals surface area contributed by atoms with Crippen molar-refractivity contribution in [3.63, 3.8) is 0 Å². The molecule has 1 N–H and O–H groups in total. The van der Waals surface area contributed by atoms with Gasteiger partial charge in [-0.05, 0) is 5.56 Å². The first-order chi connectivity index (χ1) is 7.33. The minimum atomic E-state index is -0.354. The van der Waals surface area contributed by atoms with Gasteiger partial charge in [0.1, 0.15) is 5.82 Å². The fraction of sp³-hybridized carbons (Fsp3) is 0.250. The summed E-state index contributed by atoms with van der Waals surface area (Å²) in [6.07, 6.45) is 2.73. The standard InChI is InChI=1S/C10H8FNO.C2H6/c11-10-5-12-4-9-7(6-13)2-1-3-8(9)10;1-2/h1-5,13H,6H2;1-2H3. The molecule has 0 saturated heterocycles. The van der Waals surface area contributed by atoms with Crippen LogP contribution in [0.5, 0.6) is 0 Å². The molecule has 0 amide bonds. The second-order valence-electron chi connectivity index (χ2n) is 2.79. The topological polar surface area (TPSA) is 33.1 Å². The third kappa shape index (κ3) is 2.30. The van der Waals surface area contributed by atoms with Gasteiger partial charge in [0.15, 0.2) is 0 Å². The van der Waals surface area contributed by atoms with Crippen molar-refractivity contribution < 1.29 is 9.50 Å².